The minimum absolute atomic E-state index is 0.130. The number of hydrogen-bond acceptors (Lipinski definition) is 4. The third-order valence-electron chi connectivity index (χ3n) is 3.69. The zero-order valence-corrected chi connectivity index (χ0v) is 13.3. The number of nitrogens with zero attached hydrogens (tertiary/aromatic N) is 3. The summed E-state index contributed by atoms with van der Waals surface area (Å²) in [5.41, 5.74) is 1.64. The monoisotopic (exact) mass is 340 g/mol. The lowest BCUT2D eigenvalue weighted by atomic mass is 10.1. The number of carbonyl (C=O) groups excluding carboxylic acids is 1. The van der Waals surface area contributed by atoms with E-state index in [9.17, 15) is 14.3 Å². The van der Waals surface area contributed by atoms with Gasteiger partial charge in [0, 0.05) is 0 Å². The highest BCUT2D eigenvalue weighted by Gasteiger charge is 2.17. The molecular formula is C18H17FN4O2. The Kier molecular flexibility index (Phi) is 5.15. The Labute approximate surface area is 143 Å². The van der Waals surface area contributed by atoms with Crippen LogP contribution in [0, 0.1) is 5.82 Å². The van der Waals surface area contributed by atoms with Crippen molar-refractivity contribution >= 4 is 5.91 Å². The van der Waals surface area contributed by atoms with Gasteiger partial charge in [0.05, 0.1) is 25.4 Å². The first-order valence-electron chi connectivity index (χ1n) is 7.77. The van der Waals surface area contributed by atoms with Crippen LogP contribution in [0.2, 0.25) is 0 Å². The van der Waals surface area contributed by atoms with Crippen molar-refractivity contribution in [3.63, 3.8) is 0 Å². The van der Waals surface area contributed by atoms with Gasteiger partial charge in [-0.1, -0.05) is 47.7 Å². The van der Waals surface area contributed by atoms with Crippen LogP contribution >= 0.6 is 0 Å². The average Bonchev–Trinajstić information content (AvgIpc) is 3.09. The van der Waals surface area contributed by atoms with Gasteiger partial charge in [0.15, 0.2) is 5.69 Å². The molecule has 0 aliphatic heterocycles. The number of carbonyl (C=O) groups is 1. The number of halogens is 1. The molecule has 0 saturated carbocycles. The van der Waals surface area contributed by atoms with E-state index in [0.717, 1.165) is 11.1 Å². The van der Waals surface area contributed by atoms with E-state index in [1.54, 1.807) is 12.1 Å². The highest BCUT2D eigenvalue weighted by molar-refractivity contribution is 5.92. The van der Waals surface area contributed by atoms with E-state index in [1.165, 1.54) is 23.0 Å². The van der Waals surface area contributed by atoms with E-state index in [2.05, 4.69) is 15.6 Å². The third kappa shape index (κ3) is 4.27. The minimum atomic E-state index is -0.526. The van der Waals surface area contributed by atoms with Crippen molar-refractivity contribution in [2.75, 3.05) is 6.61 Å². The van der Waals surface area contributed by atoms with Crippen LogP contribution in [0.5, 0.6) is 0 Å². The van der Waals surface area contributed by atoms with Crippen LogP contribution < -0.4 is 5.32 Å². The Balaban J connectivity index is 1.68. The van der Waals surface area contributed by atoms with Gasteiger partial charge in [0.1, 0.15) is 5.82 Å². The standard InChI is InChI=1S/C18H17FN4O2/c19-15-8-4-5-13(9-15)10-23-11-16(21-22-23)18(25)20-17(12-24)14-6-2-1-3-7-14/h1-9,11,17,24H,10,12H2,(H,20,25). The number of aliphatic hydroxyl groups excluding tert-OH is 1. The maximum atomic E-state index is 13.2. The molecule has 128 valence electrons. The van der Waals surface area contributed by atoms with Crippen molar-refractivity contribution in [1.82, 2.24) is 20.3 Å². The van der Waals surface area contributed by atoms with E-state index in [0.29, 0.717) is 6.54 Å². The molecule has 2 aromatic carbocycles. The predicted molar refractivity (Wildman–Crippen MR) is 89.3 cm³/mol. The van der Waals surface area contributed by atoms with Crippen molar-refractivity contribution in [3.05, 3.63) is 83.4 Å². The number of rotatable bonds is 6. The number of amides is 1. The molecule has 1 heterocycles. The van der Waals surface area contributed by atoms with Crippen molar-refractivity contribution in [2.45, 2.75) is 12.6 Å². The summed E-state index contributed by atoms with van der Waals surface area (Å²) in [6.45, 7) is 0.0767. The zero-order valence-electron chi connectivity index (χ0n) is 13.3. The lowest BCUT2D eigenvalue weighted by Gasteiger charge is -2.15. The normalized spacial score (nSPS) is 11.9. The molecule has 0 spiro atoms. The Morgan fingerprint density at radius 2 is 2.00 bits per heavy atom. The Morgan fingerprint density at radius 3 is 2.72 bits per heavy atom. The van der Waals surface area contributed by atoms with Crippen molar-refractivity contribution in [2.24, 2.45) is 0 Å². The summed E-state index contributed by atoms with van der Waals surface area (Å²) < 4.78 is 14.7. The minimum Gasteiger partial charge on any atom is -0.394 e. The number of nitrogens with one attached hydrogen (secondary N) is 1. The fraction of sp³-hybridized carbons (Fsp3) is 0.167. The molecule has 0 saturated heterocycles. The van der Waals surface area contributed by atoms with Gasteiger partial charge in [-0.25, -0.2) is 9.07 Å². The van der Waals surface area contributed by atoms with Crippen molar-refractivity contribution < 1.29 is 14.3 Å². The van der Waals surface area contributed by atoms with E-state index in [1.807, 2.05) is 30.3 Å². The summed E-state index contributed by atoms with van der Waals surface area (Å²) >= 11 is 0. The van der Waals surface area contributed by atoms with E-state index in [-0.39, 0.29) is 18.1 Å². The zero-order chi connectivity index (χ0) is 17.6. The van der Waals surface area contributed by atoms with Crippen molar-refractivity contribution in [3.8, 4) is 0 Å². The topological polar surface area (TPSA) is 80.0 Å². The molecule has 1 atom stereocenters. The summed E-state index contributed by atoms with van der Waals surface area (Å²) in [6.07, 6.45) is 1.49. The number of aromatic nitrogens is 3. The average molecular weight is 340 g/mol. The second-order valence-corrected chi connectivity index (χ2v) is 5.55. The first-order valence-corrected chi connectivity index (χ1v) is 7.77. The van der Waals surface area contributed by atoms with Crippen molar-refractivity contribution in [1.29, 1.82) is 0 Å². The maximum Gasteiger partial charge on any atom is 0.274 e. The summed E-state index contributed by atoms with van der Waals surface area (Å²) in [6, 6.07) is 14.8. The first kappa shape index (κ1) is 16.8. The molecule has 0 bridgehead atoms. The summed E-state index contributed by atoms with van der Waals surface area (Å²) in [5, 5.41) is 20.0. The van der Waals surface area contributed by atoms with Gasteiger partial charge >= 0.3 is 0 Å². The van der Waals surface area contributed by atoms with Crippen LogP contribution in [-0.2, 0) is 6.54 Å². The maximum absolute atomic E-state index is 13.2. The van der Waals surface area contributed by atoms with Crippen LogP contribution in [0.15, 0.2) is 60.8 Å². The molecule has 0 aliphatic rings. The lowest BCUT2D eigenvalue weighted by molar-refractivity contribution is 0.0911. The van der Waals surface area contributed by atoms with Gasteiger partial charge in [0.2, 0.25) is 0 Å². The molecule has 2 N–H and O–H groups in total. The number of aliphatic hydroxyl groups is 1. The van der Waals surface area contributed by atoms with Gasteiger partial charge in [-0.05, 0) is 23.3 Å². The largest absolute Gasteiger partial charge is 0.394 e. The molecule has 1 aromatic heterocycles. The lowest BCUT2D eigenvalue weighted by Crippen LogP contribution is -2.31. The summed E-state index contributed by atoms with van der Waals surface area (Å²) in [5.74, 6) is -0.766. The Morgan fingerprint density at radius 1 is 1.20 bits per heavy atom. The molecule has 0 aliphatic carbocycles. The van der Waals surface area contributed by atoms with Gasteiger partial charge < -0.3 is 10.4 Å². The predicted octanol–water partition coefficient (Wildman–Crippen LogP) is 1.93. The second kappa shape index (κ2) is 7.67. The highest BCUT2D eigenvalue weighted by Crippen LogP contribution is 2.12. The van der Waals surface area contributed by atoms with Gasteiger partial charge in [-0.3, -0.25) is 4.79 Å². The fourth-order valence-electron chi connectivity index (χ4n) is 2.45. The molecule has 0 radical (unpaired) electrons. The van der Waals surface area contributed by atoms with Crippen LogP contribution in [0.1, 0.15) is 27.7 Å². The van der Waals surface area contributed by atoms with Crippen LogP contribution in [0.3, 0.4) is 0 Å². The van der Waals surface area contributed by atoms with E-state index >= 15 is 0 Å². The van der Waals surface area contributed by atoms with Gasteiger partial charge in [-0.15, -0.1) is 5.10 Å². The molecule has 6 nitrogen and oxygen atoms in total. The van der Waals surface area contributed by atoms with Crippen LogP contribution in [0.4, 0.5) is 4.39 Å². The number of hydrogen-bond donors (Lipinski definition) is 2. The first-order chi connectivity index (χ1) is 12.2. The highest BCUT2D eigenvalue weighted by atomic mass is 19.1. The molecule has 1 amide bonds. The summed E-state index contributed by atoms with van der Waals surface area (Å²) in [4.78, 5) is 12.3. The molecular weight excluding hydrogens is 323 g/mol. The Bertz CT molecular complexity index is 851. The molecule has 3 aromatic rings. The fourth-order valence-corrected chi connectivity index (χ4v) is 2.45. The van der Waals surface area contributed by atoms with E-state index < -0.39 is 11.9 Å². The second-order valence-electron chi connectivity index (χ2n) is 5.55. The van der Waals surface area contributed by atoms with Crippen LogP contribution in [-0.4, -0.2) is 32.6 Å². The smallest absolute Gasteiger partial charge is 0.274 e. The van der Waals surface area contributed by atoms with E-state index in [4.69, 9.17) is 0 Å². The molecule has 25 heavy (non-hydrogen) atoms. The molecule has 3 rings (SSSR count). The molecule has 0 fully saturated rings. The molecule has 1 unspecified atom stereocenters. The van der Waals surface area contributed by atoms with Gasteiger partial charge in [-0.2, -0.15) is 0 Å². The number of benzene rings is 2. The Hall–Kier alpha value is -3.06. The quantitative estimate of drug-likeness (QED) is 0.718. The van der Waals surface area contributed by atoms with Gasteiger partial charge in [0.25, 0.3) is 5.91 Å². The summed E-state index contributed by atoms with van der Waals surface area (Å²) in [7, 11) is 0. The molecule has 7 heteroatoms. The third-order valence-corrected chi connectivity index (χ3v) is 3.69. The SMILES string of the molecule is O=C(NC(CO)c1ccccc1)c1cn(Cc2cccc(F)c2)nn1. The van der Waals surface area contributed by atoms with Crippen LogP contribution in [0.25, 0.3) is 0 Å².